The highest BCUT2D eigenvalue weighted by atomic mass is 16.1. The molecule has 0 spiro atoms. The minimum atomic E-state index is -0.147. The molecule has 1 atom stereocenters. The predicted octanol–water partition coefficient (Wildman–Crippen LogP) is 2.02. The molecule has 1 aliphatic rings. The Balaban J connectivity index is 2.36. The molecule has 0 amide bonds. The van der Waals surface area contributed by atoms with Crippen LogP contribution in [-0.4, -0.2) is 12.3 Å². The molecular formula is C13H15NO. The zero-order chi connectivity index (χ0) is 10.7. The van der Waals surface area contributed by atoms with Gasteiger partial charge >= 0.3 is 0 Å². The van der Waals surface area contributed by atoms with Crippen molar-refractivity contribution in [3.8, 4) is 0 Å². The van der Waals surface area contributed by atoms with Crippen molar-refractivity contribution in [3.05, 3.63) is 47.5 Å². The molecular weight excluding hydrogens is 186 g/mol. The minimum Gasteiger partial charge on any atom is -0.300 e. The molecule has 1 unspecified atom stereocenters. The molecule has 0 radical (unpaired) electrons. The van der Waals surface area contributed by atoms with Crippen molar-refractivity contribution < 1.29 is 4.79 Å². The lowest BCUT2D eigenvalue weighted by atomic mass is 9.94. The predicted molar refractivity (Wildman–Crippen MR) is 60.7 cm³/mol. The van der Waals surface area contributed by atoms with E-state index in [1.165, 1.54) is 5.56 Å². The van der Waals surface area contributed by atoms with Crippen molar-refractivity contribution in [2.24, 2.45) is 0 Å². The number of aryl methyl sites for hydroxylation is 1. The van der Waals surface area contributed by atoms with Crippen LogP contribution in [0, 0.1) is 0 Å². The summed E-state index contributed by atoms with van der Waals surface area (Å²) in [5.74, 6) is 0.155. The summed E-state index contributed by atoms with van der Waals surface area (Å²) in [6, 6.07) is 7.98. The van der Waals surface area contributed by atoms with Gasteiger partial charge in [-0.2, -0.15) is 0 Å². The maximum absolute atomic E-state index is 11.7. The first-order chi connectivity index (χ1) is 7.33. The van der Waals surface area contributed by atoms with Gasteiger partial charge < -0.3 is 0 Å². The standard InChI is InChI=1S/C13H15NO/c1-2-10-6-3-4-7-11(10)13-12(15)8-5-9-14-13/h3-8,13-14H,2,9H2,1H3. The summed E-state index contributed by atoms with van der Waals surface area (Å²) in [6.45, 7) is 2.89. The molecule has 2 nitrogen and oxygen atoms in total. The second-order valence-corrected chi connectivity index (χ2v) is 3.70. The average Bonchev–Trinajstić information content (AvgIpc) is 2.30. The molecule has 0 aliphatic carbocycles. The van der Waals surface area contributed by atoms with Gasteiger partial charge in [-0.05, 0) is 23.6 Å². The number of hydrogen-bond acceptors (Lipinski definition) is 2. The summed E-state index contributed by atoms with van der Waals surface area (Å²) in [7, 11) is 0. The van der Waals surface area contributed by atoms with Crippen molar-refractivity contribution in [1.29, 1.82) is 0 Å². The zero-order valence-electron chi connectivity index (χ0n) is 8.86. The Morgan fingerprint density at radius 1 is 1.40 bits per heavy atom. The van der Waals surface area contributed by atoms with Gasteiger partial charge in [0.15, 0.2) is 5.78 Å². The SMILES string of the molecule is CCc1ccccc1C1NCC=CC1=O. The third-order valence-electron chi connectivity index (χ3n) is 2.75. The Kier molecular flexibility index (Phi) is 2.97. The molecule has 0 saturated heterocycles. The number of nitrogens with one attached hydrogen (secondary N) is 1. The van der Waals surface area contributed by atoms with Crippen LogP contribution in [0.5, 0.6) is 0 Å². The van der Waals surface area contributed by atoms with Crippen LogP contribution in [0.4, 0.5) is 0 Å². The molecule has 0 bridgehead atoms. The monoisotopic (exact) mass is 201 g/mol. The molecule has 1 heterocycles. The van der Waals surface area contributed by atoms with E-state index >= 15 is 0 Å². The van der Waals surface area contributed by atoms with Gasteiger partial charge in [0, 0.05) is 6.54 Å². The quantitative estimate of drug-likeness (QED) is 0.793. The van der Waals surface area contributed by atoms with Gasteiger partial charge in [0.05, 0.1) is 6.04 Å². The maximum atomic E-state index is 11.7. The van der Waals surface area contributed by atoms with E-state index in [4.69, 9.17) is 0 Å². The number of benzene rings is 1. The number of carbonyl (C=O) groups excluding carboxylic acids is 1. The van der Waals surface area contributed by atoms with Crippen molar-refractivity contribution in [2.45, 2.75) is 19.4 Å². The van der Waals surface area contributed by atoms with E-state index in [0.717, 1.165) is 18.5 Å². The lowest BCUT2D eigenvalue weighted by Crippen LogP contribution is -2.31. The van der Waals surface area contributed by atoms with Crippen LogP contribution < -0.4 is 5.32 Å². The van der Waals surface area contributed by atoms with Crippen LogP contribution in [0.25, 0.3) is 0 Å². The highest BCUT2D eigenvalue weighted by molar-refractivity contribution is 5.96. The molecule has 2 rings (SSSR count). The fraction of sp³-hybridized carbons (Fsp3) is 0.308. The van der Waals surface area contributed by atoms with E-state index in [1.807, 2.05) is 24.3 Å². The molecule has 1 N–H and O–H groups in total. The topological polar surface area (TPSA) is 29.1 Å². The average molecular weight is 201 g/mol. The zero-order valence-corrected chi connectivity index (χ0v) is 8.86. The maximum Gasteiger partial charge on any atom is 0.176 e. The molecule has 0 aromatic heterocycles. The number of ketones is 1. The Morgan fingerprint density at radius 2 is 2.20 bits per heavy atom. The Morgan fingerprint density at radius 3 is 2.93 bits per heavy atom. The van der Waals surface area contributed by atoms with Crippen LogP contribution >= 0.6 is 0 Å². The lowest BCUT2D eigenvalue weighted by molar-refractivity contribution is -0.116. The van der Waals surface area contributed by atoms with Crippen molar-refractivity contribution >= 4 is 5.78 Å². The van der Waals surface area contributed by atoms with Crippen molar-refractivity contribution in [3.63, 3.8) is 0 Å². The number of hydrogen-bond donors (Lipinski definition) is 1. The van der Waals surface area contributed by atoms with Gasteiger partial charge in [-0.15, -0.1) is 0 Å². The second-order valence-electron chi connectivity index (χ2n) is 3.70. The summed E-state index contributed by atoms with van der Waals surface area (Å²) >= 11 is 0. The van der Waals surface area contributed by atoms with E-state index < -0.39 is 0 Å². The van der Waals surface area contributed by atoms with Crippen molar-refractivity contribution in [2.75, 3.05) is 6.54 Å². The molecule has 2 heteroatoms. The second kappa shape index (κ2) is 4.41. The first kappa shape index (κ1) is 10.1. The molecule has 1 aromatic rings. The Labute approximate surface area is 90.0 Å². The lowest BCUT2D eigenvalue weighted by Gasteiger charge is -2.21. The Bertz CT molecular complexity index is 395. The highest BCUT2D eigenvalue weighted by Gasteiger charge is 2.21. The van der Waals surface area contributed by atoms with E-state index in [1.54, 1.807) is 6.08 Å². The molecule has 15 heavy (non-hydrogen) atoms. The van der Waals surface area contributed by atoms with E-state index in [9.17, 15) is 4.79 Å². The van der Waals surface area contributed by atoms with Crippen LogP contribution in [0.1, 0.15) is 24.1 Å². The third-order valence-corrected chi connectivity index (χ3v) is 2.75. The largest absolute Gasteiger partial charge is 0.300 e. The summed E-state index contributed by atoms with van der Waals surface area (Å²) in [5, 5.41) is 3.22. The smallest absolute Gasteiger partial charge is 0.176 e. The van der Waals surface area contributed by atoms with Crippen LogP contribution in [-0.2, 0) is 11.2 Å². The minimum absolute atomic E-state index is 0.147. The van der Waals surface area contributed by atoms with Gasteiger partial charge in [0.2, 0.25) is 0 Å². The summed E-state index contributed by atoms with van der Waals surface area (Å²) in [6.07, 6.45) is 4.51. The molecule has 0 fully saturated rings. The molecule has 1 aromatic carbocycles. The normalized spacial score (nSPS) is 20.6. The highest BCUT2D eigenvalue weighted by Crippen LogP contribution is 2.21. The van der Waals surface area contributed by atoms with E-state index in [-0.39, 0.29) is 11.8 Å². The number of carbonyl (C=O) groups is 1. The first-order valence-corrected chi connectivity index (χ1v) is 5.34. The van der Waals surface area contributed by atoms with E-state index in [2.05, 4.69) is 18.3 Å². The van der Waals surface area contributed by atoms with Gasteiger partial charge in [0.25, 0.3) is 0 Å². The van der Waals surface area contributed by atoms with Gasteiger partial charge in [-0.1, -0.05) is 37.3 Å². The van der Waals surface area contributed by atoms with Gasteiger partial charge in [-0.3, -0.25) is 10.1 Å². The summed E-state index contributed by atoms with van der Waals surface area (Å²) in [4.78, 5) is 11.7. The van der Waals surface area contributed by atoms with Crippen molar-refractivity contribution in [1.82, 2.24) is 5.32 Å². The fourth-order valence-electron chi connectivity index (χ4n) is 1.96. The van der Waals surface area contributed by atoms with Crippen LogP contribution in [0.2, 0.25) is 0 Å². The van der Waals surface area contributed by atoms with Gasteiger partial charge in [-0.25, -0.2) is 0 Å². The summed E-state index contributed by atoms with van der Waals surface area (Å²) in [5.41, 5.74) is 2.37. The molecule has 78 valence electrons. The first-order valence-electron chi connectivity index (χ1n) is 5.34. The Hall–Kier alpha value is -1.41. The summed E-state index contributed by atoms with van der Waals surface area (Å²) < 4.78 is 0. The van der Waals surface area contributed by atoms with E-state index in [0.29, 0.717) is 0 Å². The van der Waals surface area contributed by atoms with Crippen LogP contribution in [0.3, 0.4) is 0 Å². The molecule has 0 saturated carbocycles. The van der Waals surface area contributed by atoms with Gasteiger partial charge in [0.1, 0.15) is 0 Å². The van der Waals surface area contributed by atoms with Crippen LogP contribution in [0.15, 0.2) is 36.4 Å². The third kappa shape index (κ3) is 2.00. The number of rotatable bonds is 2. The molecule has 1 aliphatic heterocycles. The fourth-order valence-corrected chi connectivity index (χ4v) is 1.96.